The Morgan fingerprint density at radius 1 is 1.33 bits per heavy atom. The summed E-state index contributed by atoms with van der Waals surface area (Å²) in [4.78, 5) is 2.72. The number of nitrogens with one attached hydrogen (secondary N) is 1. The molecule has 0 aromatic rings. The number of hydrogen-bond donors (Lipinski definition) is 1. The quantitative estimate of drug-likeness (QED) is 0.774. The molecule has 0 aliphatic carbocycles. The van der Waals surface area contributed by atoms with Crippen molar-refractivity contribution >= 4 is 11.8 Å². The van der Waals surface area contributed by atoms with Crippen LogP contribution in [0.25, 0.3) is 0 Å². The zero-order chi connectivity index (χ0) is 13.8. The summed E-state index contributed by atoms with van der Waals surface area (Å²) in [5.41, 5.74) is 0.359. The molecule has 1 fully saturated rings. The number of hydrogen-bond acceptors (Lipinski definition) is 3. The lowest BCUT2D eigenvalue weighted by atomic mass is 9.83. The van der Waals surface area contributed by atoms with E-state index in [1.807, 2.05) is 0 Å². The van der Waals surface area contributed by atoms with E-state index < -0.39 is 0 Å². The van der Waals surface area contributed by atoms with Crippen molar-refractivity contribution in [1.29, 1.82) is 0 Å². The Bertz CT molecular complexity index is 235. The summed E-state index contributed by atoms with van der Waals surface area (Å²) < 4.78 is 0. The first-order valence-corrected chi connectivity index (χ1v) is 8.57. The van der Waals surface area contributed by atoms with Crippen LogP contribution in [0.4, 0.5) is 0 Å². The van der Waals surface area contributed by atoms with Crippen LogP contribution < -0.4 is 5.32 Å². The molecule has 2 unspecified atom stereocenters. The highest BCUT2D eigenvalue weighted by molar-refractivity contribution is 7.99. The van der Waals surface area contributed by atoms with Gasteiger partial charge in [-0.15, -0.1) is 0 Å². The number of thioether (sulfide) groups is 1. The van der Waals surface area contributed by atoms with Crippen LogP contribution >= 0.6 is 11.8 Å². The van der Waals surface area contributed by atoms with Crippen molar-refractivity contribution in [2.45, 2.75) is 53.6 Å². The van der Waals surface area contributed by atoms with Gasteiger partial charge in [-0.2, -0.15) is 11.8 Å². The molecule has 0 spiro atoms. The van der Waals surface area contributed by atoms with E-state index in [1.165, 1.54) is 24.6 Å². The minimum absolute atomic E-state index is 0.359. The highest BCUT2D eigenvalue weighted by Crippen LogP contribution is 2.25. The molecule has 0 aromatic heterocycles. The molecule has 18 heavy (non-hydrogen) atoms. The lowest BCUT2D eigenvalue weighted by Gasteiger charge is -2.46. The van der Waals surface area contributed by atoms with Gasteiger partial charge in [0.1, 0.15) is 0 Å². The molecule has 0 aromatic carbocycles. The monoisotopic (exact) mass is 272 g/mol. The Kier molecular flexibility index (Phi) is 6.49. The van der Waals surface area contributed by atoms with Crippen molar-refractivity contribution < 1.29 is 0 Å². The van der Waals surface area contributed by atoms with Crippen molar-refractivity contribution in [2.75, 3.05) is 31.1 Å². The molecule has 0 amide bonds. The third-order valence-electron chi connectivity index (χ3n) is 4.00. The van der Waals surface area contributed by atoms with Gasteiger partial charge in [0.05, 0.1) is 0 Å². The fourth-order valence-electron chi connectivity index (χ4n) is 2.65. The standard InChI is InChI=1S/C15H32N2S/c1-7-18-9-8-17-11-14(15(4,5)6)16-10-13(17)12(2)3/h12-14,16H,7-11H2,1-6H3. The van der Waals surface area contributed by atoms with Crippen molar-refractivity contribution in [3.05, 3.63) is 0 Å². The van der Waals surface area contributed by atoms with Gasteiger partial charge in [-0.25, -0.2) is 0 Å². The van der Waals surface area contributed by atoms with E-state index in [-0.39, 0.29) is 0 Å². The molecule has 0 radical (unpaired) electrons. The van der Waals surface area contributed by atoms with Gasteiger partial charge >= 0.3 is 0 Å². The van der Waals surface area contributed by atoms with E-state index in [1.54, 1.807) is 0 Å². The Morgan fingerprint density at radius 2 is 2.00 bits per heavy atom. The molecule has 1 N–H and O–H groups in total. The molecular formula is C15H32N2S. The predicted octanol–water partition coefficient (Wildman–Crippen LogP) is 3.08. The maximum atomic E-state index is 3.76. The van der Waals surface area contributed by atoms with Gasteiger partial charge in [-0.1, -0.05) is 41.5 Å². The second-order valence-corrected chi connectivity index (χ2v) is 8.22. The summed E-state index contributed by atoms with van der Waals surface area (Å²) in [6.45, 7) is 17.6. The average Bonchev–Trinajstić information content (AvgIpc) is 2.27. The van der Waals surface area contributed by atoms with Crippen LogP contribution in [0.1, 0.15) is 41.5 Å². The molecule has 1 heterocycles. The van der Waals surface area contributed by atoms with E-state index in [0.717, 1.165) is 12.5 Å². The van der Waals surface area contributed by atoms with E-state index in [2.05, 4.69) is 63.5 Å². The molecule has 1 aliphatic rings. The summed E-state index contributed by atoms with van der Waals surface area (Å²) in [6, 6.07) is 1.33. The topological polar surface area (TPSA) is 15.3 Å². The fraction of sp³-hybridized carbons (Fsp3) is 1.00. The minimum atomic E-state index is 0.359. The van der Waals surface area contributed by atoms with E-state index in [9.17, 15) is 0 Å². The van der Waals surface area contributed by atoms with Crippen molar-refractivity contribution in [2.24, 2.45) is 11.3 Å². The maximum Gasteiger partial charge on any atom is 0.0244 e. The normalized spacial score (nSPS) is 26.8. The van der Waals surface area contributed by atoms with Crippen LogP contribution in [0, 0.1) is 11.3 Å². The van der Waals surface area contributed by atoms with Gasteiger partial charge < -0.3 is 5.32 Å². The van der Waals surface area contributed by atoms with Crippen molar-refractivity contribution in [3.8, 4) is 0 Å². The van der Waals surface area contributed by atoms with E-state index in [0.29, 0.717) is 17.5 Å². The molecule has 0 bridgehead atoms. The molecule has 1 rings (SSSR count). The number of nitrogens with zero attached hydrogens (tertiary/aromatic N) is 1. The summed E-state index contributed by atoms with van der Waals surface area (Å²) in [7, 11) is 0. The fourth-order valence-corrected chi connectivity index (χ4v) is 3.30. The first-order valence-electron chi connectivity index (χ1n) is 7.41. The predicted molar refractivity (Wildman–Crippen MR) is 84.4 cm³/mol. The van der Waals surface area contributed by atoms with Gasteiger partial charge in [0.15, 0.2) is 0 Å². The number of rotatable bonds is 5. The molecule has 1 aliphatic heterocycles. The molecule has 0 saturated carbocycles. The average molecular weight is 273 g/mol. The Morgan fingerprint density at radius 3 is 2.50 bits per heavy atom. The Labute approximate surface area is 118 Å². The zero-order valence-electron chi connectivity index (χ0n) is 13.1. The van der Waals surface area contributed by atoms with Crippen LogP contribution in [-0.4, -0.2) is 48.1 Å². The smallest absolute Gasteiger partial charge is 0.0244 e. The highest BCUT2D eigenvalue weighted by Gasteiger charge is 2.34. The van der Waals surface area contributed by atoms with Gasteiger partial charge in [-0.3, -0.25) is 4.90 Å². The van der Waals surface area contributed by atoms with Crippen molar-refractivity contribution in [1.82, 2.24) is 10.2 Å². The van der Waals surface area contributed by atoms with Crippen LogP contribution in [0.2, 0.25) is 0 Å². The summed E-state index contributed by atoms with van der Waals surface area (Å²) in [6.07, 6.45) is 0. The van der Waals surface area contributed by atoms with Crippen LogP contribution in [-0.2, 0) is 0 Å². The first kappa shape index (κ1) is 16.3. The zero-order valence-corrected chi connectivity index (χ0v) is 13.9. The Hall–Kier alpha value is 0.270. The third-order valence-corrected chi connectivity index (χ3v) is 4.88. The summed E-state index contributed by atoms with van der Waals surface area (Å²) in [5.74, 6) is 3.25. The van der Waals surface area contributed by atoms with Gasteiger partial charge in [0.25, 0.3) is 0 Å². The SMILES string of the molecule is CCSCCN1CC(C(C)(C)C)NCC1C(C)C. The lowest BCUT2D eigenvalue weighted by Crippen LogP contribution is -2.61. The minimum Gasteiger partial charge on any atom is -0.311 e. The largest absolute Gasteiger partial charge is 0.311 e. The van der Waals surface area contributed by atoms with Gasteiger partial charge in [0.2, 0.25) is 0 Å². The summed E-state index contributed by atoms with van der Waals surface area (Å²) >= 11 is 2.06. The third kappa shape index (κ3) is 4.75. The first-order chi connectivity index (χ1) is 8.36. The molecule has 3 heteroatoms. The summed E-state index contributed by atoms with van der Waals surface area (Å²) in [5, 5.41) is 3.76. The Balaban J connectivity index is 2.58. The van der Waals surface area contributed by atoms with Gasteiger partial charge in [0, 0.05) is 37.5 Å². The van der Waals surface area contributed by atoms with E-state index >= 15 is 0 Å². The lowest BCUT2D eigenvalue weighted by molar-refractivity contribution is 0.0687. The molecule has 1 saturated heterocycles. The molecule has 2 atom stereocenters. The van der Waals surface area contributed by atoms with Crippen LogP contribution in [0.15, 0.2) is 0 Å². The molecule has 108 valence electrons. The highest BCUT2D eigenvalue weighted by atomic mass is 32.2. The van der Waals surface area contributed by atoms with Crippen LogP contribution in [0.3, 0.4) is 0 Å². The van der Waals surface area contributed by atoms with Gasteiger partial charge in [-0.05, 0) is 17.1 Å². The second-order valence-electron chi connectivity index (χ2n) is 6.83. The van der Waals surface area contributed by atoms with Crippen LogP contribution in [0.5, 0.6) is 0 Å². The number of piperazine rings is 1. The van der Waals surface area contributed by atoms with E-state index in [4.69, 9.17) is 0 Å². The molecular weight excluding hydrogens is 240 g/mol. The maximum absolute atomic E-state index is 3.76. The second kappa shape index (κ2) is 7.16. The molecule has 2 nitrogen and oxygen atoms in total. The van der Waals surface area contributed by atoms with Crippen molar-refractivity contribution in [3.63, 3.8) is 0 Å².